The average molecular weight is 460 g/mol. The van der Waals surface area contributed by atoms with E-state index >= 15 is 0 Å². The van der Waals surface area contributed by atoms with Crippen molar-refractivity contribution in [2.24, 2.45) is 11.1 Å². The van der Waals surface area contributed by atoms with Crippen molar-refractivity contribution in [1.29, 1.82) is 0 Å². The zero-order valence-electron chi connectivity index (χ0n) is 17.6. The summed E-state index contributed by atoms with van der Waals surface area (Å²) < 4.78 is 21.1. The molecule has 1 aliphatic heterocycles. The number of nitrogens with two attached hydrogens (primary N) is 1. The summed E-state index contributed by atoms with van der Waals surface area (Å²) in [5.41, 5.74) is 5.43. The van der Waals surface area contributed by atoms with Gasteiger partial charge in [-0.25, -0.2) is 0 Å². The Balaban J connectivity index is 2.02. The van der Waals surface area contributed by atoms with Crippen LogP contribution in [0.1, 0.15) is 25.8 Å². The SMILES string of the molecule is COC(=O)CCNC(=O)[C@@H]1O[PH](O)(Oc2ccc(C[C@H](N)C(=O)O)cc2)OCC1(C)C. The van der Waals surface area contributed by atoms with Crippen LogP contribution in [0.25, 0.3) is 0 Å². The van der Waals surface area contributed by atoms with Gasteiger partial charge in [-0.15, -0.1) is 0 Å². The number of hydrogen-bond donors (Lipinski definition) is 4. The summed E-state index contributed by atoms with van der Waals surface area (Å²) in [6.45, 7) is 3.55. The molecular formula is C19H29N2O9P. The first kappa shape index (κ1) is 25.0. The van der Waals surface area contributed by atoms with Gasteiger partial charge in [0.2, 0.25) is 0 Å². The molecule has 5 N–H and O–H groups in total. The average Bonchev–Trinajstić information content (AvgIpc) is 2.71. The van der Waals surface area contributed by atoms with E-state index in [4.69, 9.17) is 24.4 Å². The zero-order chi connectivity index (χ0) is 23.2. The Hall–Kier alpha value is -2.30. The van der Waals surface area contributed by atoms with E-state index < -0.39 is 43.6 Å². The number of amides is 1. The minimum absolute atomic E-state index is 0.00195. The second-order valence-corrected chi connectivity index (χ2v) is 9.59. The van der Waals surface area contributed by atoms with Gasteiger partial charge in [-0.3, -0.25) is 0 Å². The molecule has 1 aromatic rings. The van der Waals surface area contributed by atoms with Gasteiger partial charge in [-0.2, -0.15) is 0 Å². The number of aliphatic carboxylic acids is 1. The first-order valence-corrected chi connectivity index (χ1v) is 11.3. The van der Waals surface area contributed by atoms with Crippen LogP contribution in [-0.2, 0) is 34.6 Å². The van der Waals surface area contributed by atoms with Gasteiger partial charge in [-0.1, -0.05) is 0 Å². The molecule has 1 heterocycles. The number of rotatable bonds is 9. The molecule has 0 radical (unpaired) electrons. The maximum atomic E-state index is 12.6. The molecule has 0 aromatic heterocycles. The molecule has 31 heavy (non-hydrogen) atoms. The van der Waals surface area contributed by atoms with Crippen molar-refractivity contribution in [2.45, 2.75) is 38.8 Å². The van der Waals surface area contributed by atoms with Crippen LogP contribution < -0.4 is 15.6 Å². The number of methoxy groups -OCH3 is 1. The van der Waals surface area contributed by atoms with Crippen molar-refractivity contribution in [3.63, 3.8) is 0 Å². The summed E-state index contributed by atoms with van der Waals surface area (Å²) in [5, 5.41) is 11.5. The van der Waals surface area contributed by atoms with Crippen LogP contribution in [0.5, 0.6) is 5.75 Å². The Morgan fingerprint density at radius 1 is 1.32 bits per heavy atom. The standard InChI is InChI=1S/C19H29N2O9P/c1-19(2)11-28-31(26,30-16(19)17(23)21-9-8-15(22)27-3)29-13-6-4-12(5-7-13)10-14(20)18(24)25/h4-7,14,16,26,31H,8-11,20H2,1-3H3,(H,21,23)(H,24,25)/t14-,16-/m0/s1. The summed E-state index contributed by atoms with van der Waals surface area (Å²) in [6.07, 6.45) is -0.933. The number of esters is 1. The molecule has 1 aliphatic rings. The van der Waals surface area contributed by atoms with E-state index in [0.717, 1.165) is 0 Å². The fourth-order valence-electron chi connectivity index (χ4n) is 2.82. The Labute approximate surface area is 180 Å². The molecule has 2 rings (SSSR count). The predicted octanol–water partition coefficient (Wildman–Crippen LogP) is 0.543. The molecule has 0 unspecified atom stereocenters. The second kappa shape index (κ2) is 10.3. The summed E-state index contributed by atoms with van der Waals surface area (Å²) in [7, 11) is -2.94. The normalized spacial score (nSPS) is 21.4. The van der Waals surface area contributed by atoms with Gasteiger partial charge >= 0.3 is 180 Å². The van der Waals surface area contributed by atoms with Crippen molar-refractivity contribution in [3.05, 3.63) is 29.8 Å². The van der Waals surface area contributed by atoms with Gasteiger partial charge in [0.15, 0.2) is 0 Å². The molecular weight excluding hydrogens is 431 g/mol. The monoisotopic (exact) mass is 460 g/mol. The van der Waals surface area contributed by atoms with Gasteiger partial charge < -0.3 is 0 Å². The number of carbonyl (C=O) groups excluding carboxylic acids is 2. The topological polar surface area (TPSA) is 167 Å². The Kier molecular flexibility index (Phi) is 8.33. The van der Waals surface area contributed by atoms with E-state index in [1.807, 2.05) is 0 Å². The summed E-state index contributed by atoms with van der Waals surface area (Å²) in [4.78, 5) is 45.4. The van der Waals surface area contributed by atoms with Crippen molar-refractivity contribution < 1.29 is 42.7 Å². The van der Waals surface area contributed by atoms with Crippen molar-refractivity contribution >= 4 is 26.0 Å². The van der Waals surface area contributed by atoms with Crippen molar-refractivity contribution in [1.82, 2.24) is 5.32 Å². The first-order valence-electron chi connectivity index (χ1n) is 9.61. The Bertz CT molecular complexity index is 802. The Morgan fingerprint density at radius 3 is 2.55 bits per heavy atom. The molecule has 0 bridgehead atoms. The van der Waals surface area contributed by atoms with Gasteiger partial charge in [0.1, 0.15) is 0 Å². The summed E-state index contributed by atoms with van der Waals surface area (Å²) >= 11 is 0. The molecule has 1 aromatic carbocycles. The molecule has 0 aliphatic carbocycles. The van der Waals surface area contributed by atoms with Crippen LogP contribution in [0.15, 0.2) is 24.3 Å². The molecule has 1 fully saturated rings. The fourth-order valence-corrected chi connectivity index (χ4v) is 4.71. The summed E-state index contributed by atoms with van der Waals surface area (Å²) in [5.74, 6) is -1.85. The van der Waals surface area contributed by atoms with Crippen molar-refractivity contribution in [2.75, 3.05) is 20.3 Å². The number of nitrogens with one attached hydrogen (secondary N) is 1. The van der Waals surface area contributed by atoms with Crippen LogP contribution >= 0.6 is 8.17 Å². The minimum atomic E-state index is -4.20. The first-order chi connectivity index (χ1) is 14.5. The Morgan fingerprint density at radius 2 is 1.97 bits per heavy atom. The van der Waals surface area contributed by atoms with Gasteiger partial charge in [0.05, 0.1) is 0 Å². The van der Waals surface area contributed by atoms with Crippen molar-refractivity contribution in [3.8, 4) is 5.75 Å². The number of benzene rings is 1. The number of carboxylic acid groups (broad SMARTS) is 1. The van der Waals surface area contributed by atoms with Crippen LogP contribution in [0.4, 0.5) is 0 Å². The zero-order valence-corrected chi connectivity index (χ0v) is 18.6. The predicted molar refractivity (Wildman–Crippen MR) is 111 cm³/mol. The third-order valence-corrected chi connectivity index (χ3v) is 6.18. The van der Waals surface area contributed by atoms with E-state index in [1.165, 1.54) is 19.2 Å². The number of carboxylic acids is 1. The number of hydrogen-bond acceptors (Lipinski definition) is 9. The molecule has 0 spiro atoms. The maximum absolute atomic E-state index is 12.6. The van der Waals surface area contributed by atoms with E-state index in [1.54, 1.807) is 26.0 Å². The summed E-state index contributed by atoms with van der Waals surface area (Å²) in [6, 6.07) is 5.23. The third-order valence-electron chi connectivity index (χ3n) is 4.64. The number of ether oxygens (including phenoxy) is 1. The fraction of sp³-hybridized carbons (Fsp3) is 0.526. The third kappa shape index (κ3) is 7.12. The quantitative estimate of drug-likeness (QED) is 0.302. The van der Waals surface area contributed by atoms with E-state index in [2.05, 4.69) is 10.1 Å². The molecule has 11 nitrogen and oxygen atoms in total. The molecule has 12 heteroatoms. The molecule has 1 amide bonds. The number of carbonyl (C=O) groups is 3. The van der Waals surface area contributed by atoms with Crippen LogP contribution in [0.3, 0.4) is 0 Å². The van der Waals surface area contributed by atoms with Crippen LogP contribution in [-0.4, -0.2) is 60.3 Å². The van der Waals surface area contributed by atoms with E-state index in [9.17, 15) is 19.3 Å². The van der Waals surface area contributed by atoms with E-state index in [-0.39, 0.29) is 31.7 Å². The van der Waals surface area contributed by atoms with Crippen LogP contribution in [0, 0.1) is 5.41 Å². The van der Waals surface area contributed by atoms with E-state index in [0.29, 0.717) is 5.56 Å². The molecule has 2 atom stereocenters. The molecule has 174 valence electrons. The van der Waals surface area contributed by atoms with Crippen LogP contribution in [0.2, 0.25) is 0 Å². The molecule has 0 saturated carbocycles. The molecule has 1 saturated heterocycles. The van der Waals surface area contributed by atoms with Gasteiger partial charge in [0, 0.05) is 0 Å². The van der Waals surface area contributed by atoms with Gasteiger partial charge in [-0.05, 0) is 0 Å². The van der Waals surface area contributed by atoms with Gasteiger partial charge in [0.25, 0.3) is 0 Å². The second-order valence-electron chi connectivity index (χ2n) is 7.81.